The number of carbonyl (C=O) groups is 1. The van der Waals surface area contributed by atoms with Crippen LogP contribution in [0.3, 0.4) is 0 Å². The number of amides is 1. The molecule has 3 rings (SSSR count). The third kappa shape index (κ3) is 6.49. The van der Waals surface area contributed by atoms with Gasteiger partial charge in [-0.15, -0.1) is 0 Å². The van der Waals surface area contributed by atoms with Crippen LogP contribution in [0.1, 0.15) is 37.8 Å². The van der Waals surface area contributed by atoms with Crippen molar-refractivity contribution in [2.45, 2.75) is 38.0 Å². The Morgan fingerprint density at radius 2 is 1.90 bits per heavy atom. The Morgan fingerprint density at radius 1 is 1.23 bits per heavy atom. The Morgan fingerprint density at radius 3 is 2.52 bits per heavy atom. The van der Waals surface area contributed by atoms with Crippen LogP contribution >= 0.6 is 0 Å². The number of anilines is 1. The minimum Gasteiger partial charge on any atom is -0.407 e. The molecule has 2 aromatic carbocycles. The minimum atomic E-state index is -2.25. The predicted molar refractivity (Wildman–Crippen MR) is 119 cm³/mol. The third-order valence-corrected chi connectivity index (χ3v) is 5.68. The molecule has 0 bridgehead atoms. The molecule has 1 aliphatic rings. The van der Waals surface area contributed by atoms with E-state index in [-0.39, 0.29) is 28.9 Å². The number of rotatable bonds is 7. The van der Waals surface area contributed by atoms with E-state index in [0.29, 0.717) is 31.7 Å². The van der Waals surface area contributed by atoms with E-state index < -0.39 is 11.1 Å². The Kier molecular flexibility index (Phi) is 7.62. The van der Waals surface area contributed by atoms with Gasteiger partial charge in [-0.05, 0) is 42.1 Å². The molecule has 0 aliphatic carbocycles. The van der Waals surface area contributed by atoms with E-state index in [9.17, 15) is 9.00 Å². The number of carbonyl (C=O) groups excluding carboxylic acids is 1. The number of benzene rings is 2. The van der Waals surface area contributed by atoms with E-state index in [1.165, 1.54) is 18.2 Å². The van der Waals surface area contributed by atoms with E-state index in [4.69, 9.17) is 19.1 Å². The van der Waals surface area contributed by atoms with Crippen LogP contribution in [0.5, 0.6) is 0 Å². The zero-order valence-corrected chi connectivity index (χ0v) is 18.4. The van der Waals surface area contributed by atoms with Crippen LogP contribution in [0.25, 0.3) is 0 Å². The fraction of sp³-hybridized carbons (Fsp3) is 0.364. The molecule has 0 radical (unpaired) electrons. The second-order valence-corrected chi connectivity index (χ2v) is 9.27. The first-order chi connectivity index (χ1) is 14.8. The van der Waals surface area contributed by atoms with Gasteiger partial charge in [0.05, 0.1) is 10.5 Å². The Labute approximate surface area is 185 Å². The topological polar surface area (TPSA) is 109 Å². The zero-order valence-electron chi connectivity index (χ0n) is 17.6. The van der Waals surface area contributed by atoms with Crippen molar-refractivity contribution >= 4 is 35.3 Å². The summed E-state index contributed by atoms with van der Waals surface area (Å²) >= 11 is -2.25. The average Bonchev–Trinajstić information content (AvgIpc) is 2.74. The van der Waals surface area contributed by atoms with E-state index >= 15 is 0 Å². The summed E-state index contributed by atoms with van der Waals surface area (Å²) < 4.78 is 31.9. The van der Waals surface area contributed by atoms with Crippen molar-refractivity contribution in [1.29, 1.82) is 5.26 Å². The normalized spacial score (nSPS) is 16.4. The molecule has 1 heterocycles. The van der Waals surface area contributed by atoms with Gasteiger partial charge < -0.3 is 19.2 Å². The summed E-state index contributed by atoms with van der Waals surface area (Å²) in [5.41, 5.74) is 2.63. The molecular weight excluding hydrogens is 415 g/mol. The highest BCUT2D eigenvalue weighted by atomic mass is 32.2. The highest BCUT2D eigenvalue weighted by Crippen LogP contribution is 2.21. The maximum atomic E-state index is 12.2. The number of hydrogen-bond donors (Lipinski definition) is 2. The monoisotopic (exact) mass is 440 g/mol. The molecule has 1 aliphatic heterocycles. The number of nitrogens with zero attached hydrogens (tertiary/aromatic N) is 1. The second-order valence-electron chi connectivity index (χ2n) is 8.33. The standard InChI is InChI=1S/C22H25BN2O5S/c1-22(2)14-29-23(30-15-22)18-8-6-16(7-9-18)4-3-5-21(26)25-19-10-11-20(31(27)28)17(12-19)13-24/h6-12H,3-5,14-15H2,1-2H3,(H,25,26)(H,27,28). The van der Waals surface area contributed by atoms with Crippen molar-refractivity contribution in [3.8, 4) is 6.07 Å². The van der Waals surface area contributed by atoms with Crippen molar-refractivity contribution in [3.05, 3.63) is 53.6 Å². The summed E-state index contributed by atoms with van der Waals surface area (Å²) in [6.07, 6.45) is 1.74. The molecule has 1 atom stereocenters. The van der Waals surface area contributed by atoms with Crippen molar-refractivity contribution in [1.82, 2.24) is 0 Å². The maximum Gasteiger partial charge on any atom is 0.493 e. The van der Waals surface area contributed by atoms with Crippen LogP contribution in [-0.4, -0.2) is 35.0 Å². The van der Waals surface area contributed by atoms with Crippen LogP contribution in [0.15, 0.2) is 47.4 Å². The van der Waals surface area contributed by atoms with Gasteiger partial charge in [-0.1, -0.05) is 38.1 Å². The summed E-state index contributed by atoms with van der Waals surface area (Å²) in [4.78, 5) is 12.2. The molecule has 0 aromatic heterocycles. The molecule has 1 unspecified atom stereocenters. The summed E-state index contributed by atoms with van der Waals surface area (Å²) in [6, 6.07) is 14.2. The quantitative estimate of drug-likeness (QED) is 0.506. The SMILES string of the molecule is CC1(C)COB(c2ccc(CCCC(=O)Nc3ccc(S(=O)O)c(C#N)c3)cc2)OC1. The molecule has 31 heavy (non-hydrogen) atoms. The Bertz CT molecular complexity index is 994. The van der Waals surface area contributed by atoms with Crippen molar-refractivity contribution in [3.63, 3.8) is 0 Å². The fourth-order valence-electron chi connectivity index (χ4n) is 3.25. The van der Waals surface area contributed by atoms with Crippen molar-refractivity contribution in [2.24, 2.45) is 5.41 Å². The molecule has 9 heteroatoms. The highest BCUT2D eigenvalue weighted by molar-refractivity contribution is 7.79. The molecule has 0 saturated carbocycles. The fourth-order valence-corrected chi connectivity index (χ4v) is 3.73. The van der Waals surface area contributed by atoms with Gasteiger partial charge in [-0.25, -0.2) is 4.21 Å². The van der Waals surface area contributed by atoms with Gasteiger partial charge in [0.1, 0.15) is 6.07 Å². The van der Waals surface area contributed by atoms with Gasteiger partial charge in [0.25, 0.3) is 0 Å². The summed E-state index contributed by atoms with van der Waals surface area (Å²) in [5.74, 6) is -0.176. The van der Waals surface area contributed by atoms with E-state index in [2.05, 4.69) is 19.2 Å². The molecule has 2 aromatic rings. The van der Waals surface area contributed by atoms with Crippen LogP contribution < -0.4 is 10.8 Å². The number of nitrogens with one attached hydrogen (secondary N) is 1. The lowest BCUT2D eigenvalue weighted by atomic mass is 9.75. The predicted octanol–water partition coefficient (Wildman–Crippen LogP) is 2.87. The summed E-state index contributed by atoms with van der Waals surface area (Å²) in [7, 11) is -0.333. The van der Waals surface area contributed by atoms with Gasteiger partial charge in [-0.3, -0.25) is 4.79 Å². The van der Waals surface area contributed by atoms with Crippen LogP contribution in [-0.2, 0) is 31.6 Å². The number of hydrogen-bond acceptors (Lipinski definition) is 5. The summed E-state index contributed by atoms with van der Waals surface area (Å²) in [6.45, 7) is 5.53. The molecule has 2 N–H and O–H groups in total. The van der Waals surface area contributed by atoms with E-state index in [1.54, 1.807) is 0 Å². The first-order valence-corrected chi connectivity index (χ1v) is 11.1. The smallest absolute Gasteiger partial charge is 0.407 e. The lowest BCUT2D eigenvalue weighted by Gasteiger charge is -2.33. The lowest BCUT2D eigenvalue weighted by molar-refractivity contribution is -0.116. The van der Waals surface area contributed by atoms with Crippen LogP contribution in [0.4, 0.5) is 5.69 Å². The second kappa shape index (κ2) is 10.2. The largest absolute Gasteiger partial charge is 0.493 e. The number of nitriles is 1. The molecule has 162 valence electrons. The van der Waals surface area contributed by atoms with Gasteiger partial charge in [-0.2, -0.15) is 5.26 Å². The first kappa shape index (κ1) is 23.2. The van der Waals surface area contributed by atoms with E-state index in [0.717, 1.165) is 17.4 Å². The third-order valence-electron chi connectivity index (χ3n) is 4.94. The molecule has 1 fully saturated rings. The summed E-state index contributed by atoms with van der Waals surface area (Å²) in [5, 5.41) is 11.8. The molecule has 7 nitrogen and oxygen atoms in total. The Balaban J connectivity index is 1.46. The van der Waals surface area contributed by atoms with Gasteiger partial charge in [0.2, 0.25) is 5.91 Å². The van der Waals surface area contributed by atoms with Crippen molar-refractivity contribution < 1.29 is 22.9 Å². The maximum absolute atomic E-state index is 12.2. The molecule has 1 amide bonds. The molecule has 1 saturated heterocycles. The van der Waals surface area contributed by atoms with Crippen LogP contribution in [0.2, 0.25) is 0 Å². The molecule has 0 spiro atoms. The van der Waals surface area contributed by atoms with E-state index in [1.807, 2.05) is 30.3 Å². The molecular formula is C22H25BN2O5S. The minimum absolute atomic E-state index is 0.0247. The zero-order chi connectivity index (χ0) is 22.4. The van der Waals surface area contributed by atoms with Crippen LogP contribution in [0, 0.1) is 16.7 Å². The average molecular weight is 440 g/mol. The van der Waals surface area contributed by atoms with Gasteiger partial charge >= 0.3 is 7.12 Å². The Hall–Kier alpha value is -2.51. The number of aryl methyl sites for hydroxylation is 1. The first-order valence-electron chi connectivity index (χ1n) is 10.0. The highest BCUT2D eigenvalue weighted by Gasteiger charge is 2.33. The van der Waals surface area contributed by atoms with Crippen molar-refractivity contribution in [2.75, 3.05) is 18.5 Å². The van der Waals surface area contributed by atoms with Gasteiger partial charge in [0, 0.05) is 30.7 Å². The lowest BCUT2D eigenvalue weighted by Crippen LogP contribution is -2.47. The van der Waals surface area contributed by atoms with Gasteiger partial charge in [0.15, 0.2) is 11.1 Å².